The minimum absolute atomic E-state index is 0.0436. The molecule has 0 radical (unpaired) electrons. The summed E-state index contributed by atoms with van der Waals surface area (Å²) in [5, 5.41) is 10.2. The van der Waals surface area contributed by atoms with Crippen LogP contribution in [-0.2, 0) is 11.2 Å². The number of aryl methyl sites for hydroxylation is 1. The predicted molar refractivity (Wildman–Crippen MR) is 80.1 cm³/mol. The van der Waals surface area contributed by atoms with E-state index in [1.54, 1.807) is 19.1 Å². The number of nitrogens with zero attached hydrogens (tertiary/aromatic N) is 1. The van der Waals surface area contributed by atoms with Gasteiger partial charge in [-0.15, -0.1) is 0 Å². The summed E-state index contributed by atoms with van der Waals surface area (Å²) >= 11 is 0. The Bertz CT molecular complexity index is 717. The summed E-state index contributed by atoms with van der Waals surface area (Å²) in [5.41, 5.74) is 3.09. The molecule has 4 heteroatoms. The highest BCUT2D eigenvalue weighted by atomic mass is 19.1. The van der Waals surface area contributed by atoms with Crippen LogP contribution in [0.5, 0.6) is 0 Å². The fraction of sp³-hybridized carbons (Fsp3) is 0.471. The number of aromatic nitrogens is 1. The van der Waals surface area contributed by atoms with Gasteiger partial charge >= 0.3 is 5.97 Å². The van der Waals surface area contributed by atoms with Crippen molar-refractivity contribution in [1.29, 1.82) is 0 Å². The first kappa shape index (κ1) is 14.1. The van der Waals surface area contributed by atoms with Crippen molar-refractivity contribution in [3.8, 4) is 0 Å². The van der Waals surface area contributed by atoms with E-state index >= 15 is 0 Å². The number of hydrogen-bond donors (Lipinski definition) is 1. The van der Waals surface area contributed by atoms with Gasteiger partial charge in [0.25, 0.3) is 0 Å². The largest absolute Gasteiger partial charge is 0.481 e. The Labute approximate surface area is 123 Å². The SMILES string of the molecule is CC(C)c1cc(F)cc2cc3n(c12)C(C(C)C(=O)O)CC3. The Morgan fingerprint density at radius 1 is 1.33 bits per heavy atom. The number of carboxylic acids is 1. The summed E-state index contributed by atoms with van der Waals surface area (Å²) < 4.78 is 15.9. The van der Waals surface area contributed by atoms with Gasteiger partial charge in [0.15, 0.2) is 0 Å². The molecule has 0 bridgehead atoms. The molecular formula is C17H20FNO2. The zero-order chi connectivity index (χ0) is 15.3. The molecule has 2 atom stereocenters. The van der Waals surface area contributed by atoms with E-state index < -0.39 is 11.9 Å². The molecular weight excluding hydrogens is 269 g/mol. The van der Waals surface area contributed by atoms with Gasteiger partial charge in [-0.1, -0.05) is 13.8 Å². The summed E-state index contributed by atoms with van der Waals surface area (Å²) in [6.07, 6.45) is 1.70. The molecule has 0 spiro atoms. The fourth-order valence-electron chi connectivity index (χ4n) is 3.50. The maximum atomic E-state index is 13.8. The minimum Gasteiger partial charge on any atom is -0.481 e. The van der Waals surface area contributed by atoms with E-state index in [2.05, 4.69) is 4.57 Å². The number of aliphatic carboxylic acids is 1. The summed E-state index contributed by atoms with van der Waals surface area (Å²) in [6, 6.07) is 5.10. The van der Waals surface area contributed by atoms with Crippen LogP contribution in [0.2, 0.25) is 0 Å². The molecule has 112 valence electrons. The number of benzene rings is 1. The highest BCUT2D eigenvalue weighted by Crippen LogP contribution is 2.40. The zero-order valence-electron chi connectivity index (χ0n) is 12.6. The Kier molecular flexibility index (Phi) is 3.27. The Morgan fingerprint density at radius 3 is 2.67 bits per heavy atom. The van der Waals surface area contributed by atoms with Crippen molar-refractivity contribution in [1.82, 2.24) is 4.57 Å². The van der Waals surface area contributed by atoms with Crippen molar-refractivity contribution < 1.29 is 14.3 Å². The van der Waals surface area contributed by atoms with Crippen molar-refractivity contribution in [2.45, 2.75) is 45.6 Å². The number of carbonyl (C=O) groups is 1. The highest BCUT2D eigenvalue weighted by Gasteiger charge is 2.33. The lowest BCUT2D eigenvalue weighted by Gasteiger charge is -2.21. The molecule has 2 unspecified atom stereocenters. The summed E-state index contributed by atoms with van der Waals surface area (Å²) in [5.74, 6) is -1.24. The Hall–Kier alpha value is -1.84. The van der Waals surface area contributed by atoms with Gasteiger partial charge in [-0.05, 0) is 49.4 Å². The molecule has 3 nitrogen and oxygen atoms in total. The molecule has 0 amide bonds. The quantitative estimate of drug-likeness (QED) is 0.923. The monoisotopic (exact) mass is 289 g/mol. The second kappa shape index (κ2) is 4.86. The number of rotatable bonds is 3. The maximum absolute atomic E-state index is 13.8. The van der Waals surface area contributed by atoms with Crippen LogP contribution in [0.4, 0.5) is 4.39 Å². The zero-order valence-corrected chi connectivity index (χ0v) is 12.6. The van der Waals surface area contributed by atoms with E-state index in [-0.39, 0.29) is 17.8 Å². The van der Waals surface area contributed by atoms with Gasteiger partial charge in [0.05, 0.1) is 11.4 Å². The fourth-order valence-corrected chi connectivity index (χ4v) is 3.50. The number of hydrogen-bond acceptors (Lipinski definition) is 1. The topological polar surface area (TPSA) is 42.2 Å². The van der Waals surface area contributed by atoms with E-state index in [1.165, 1.54) is 0 Å². The lowest BCUT2D eigenvalue weighted by atomic mass is 9.96. The van der Waals surface area contributed by atoms with Crippen LogP contribution in [0.25, 0.3) is 10.9 Å². The number of fused-ring (bicyclic) bond motifs is 3. The summed E-state index contributed by atoms with van der Waals surface area (Å²) in [6.45, 7) is 5.84. The third-order valence-corrected chi connectivity index (χ3v) is 4.62. The first-order chi connectivity index (χ1) is 9.90. The van der Waals surface area contributed by atoms with Crippen LogP contribution in [0.3, 0.4) is 0 Å². The van der Waals surface area contributed by atoms with Crippen LogP contribution in [-0.4, -0.2) is 15.6 Å². The third kappa shape index (κ3) is 2.13. The van der Waals surface area contributed by atoms with Crippen LogP contribution in [0, 0.1) is 11.7 Å². The molecule has 0 saturated carbocycles. The first-order valence-corrected chi connectivity index (χ1v) is 7.46. The smallest absolute Gasteiger partial charge is 0.308 e. The molecule has 2 heterocycles. The van der Waals surface area contributed by atoms with Crippen molar-refractivity contribution >= 4 is 16.9 Å². The van der Waals surface area contributed by atoms with E-state index in [1.807, 2.05) is 19.9 Å². The second-order valence-electron chi connectivity index (χ2n) is 6.33. The van der Waals surface area contributed by atoms with Gasteiger partial charge in [0.2, 0.25) is 0 Å². The van der Waals surface area contributed by atoms with Crippen molar-refractivity contribution in [2.75, 3.05) is 0 Å². The highest BCUT2D eigenvalue weighted by molar-refractivity contribution is 5.86. The molecule has 2 aromatic rings. The van der Waals surface area contributed by atoms with E-state index in [4.69, 9.17) is 0 Å². The van der Waals surface area contributed by atoms with Crippen molar-refractivity contribution in [3.05, 3.63) is 35.3 Å². The third-order valence-electron chi connectivity index (χ3n) is 4.62. The van der Waals surface area contributed by atoms with E-state index in [9.17, 15) is 14.3 Å². The number of carboxylic acid groups (broad SMARTS) is 1. The Balaban J connectivity index is 2.25. The maximum Gasteiger partial charge on any atom is 0.308 e. The van der Waals surface area contributed by atoms with Crippen LogP contribution in [0.1, 0.15) is 50.4 Å². The van der Waals surface area contributed by atoms with E-state index in [0.717, 1.165) is 35.0 Å². The molecule has 3 rings (SSSR count). The molecule has 0 fully saturated rings. The minimum atomic E-state index is -0.775. The molecule has 1 aromatic heterocycles. The van der Waals surface area contributed by atoms with Crippen LogP contribution >= 0.6 is 0 Å². The van der Waals surface area contributed by atoms with Crippen LogP contribution in [0.15, 0.2) is 18.2 Å². The number of halogens is 1. The second-order valence-corrected chi connectivity index (χ2v) is 6.33. The van der Waals surface area contributed by atoms with Crippen molar-refractivity contribution in [3.63, 3.8) is 0 Å². The predicted octanol–water partition coefficient (Wildman–Crippen LogP) is 4.11. The molecule has 1 N–H and O–H groups in total. The Morgan fingerprint density at radius 2 is 2.05 bits per heavy atom. The normalized spacial score (nSPS) is 19.2. The molecule has 1 aliphatic heterocycles. The first-order valence-electron chi connectivity index (χ1n) is 7.46. The van der Waals surface area contributed by atoms with E-state index in [0.29, 0.717) is 0 Å². The molecule has 21 heavy (non-hydrogen) atoms. The molecule has 0 aliphatic carbocycles. The van der Waals surface area contributed by atoms with Gasteiger partial charge in [-0.2, -0.15) is 0 Å². The van der Waals surface area contributed by atoms with Gasteiger partial charge in [-0.25, -0.2) is 4.39 Å². The van der Waals surface area contributed by atoms with Gasteiger partial charge in [-0.3, -0.25) is 4.79 Å². The average Bonchev–Trinajstić information content (AvgIpc) is 2.94. The summed E-state index contributed by atoms with van der Waals surface area (Å²) in [7, 11) is 0. The lowest BCUT2D eigenvalue weighted by Crippen LogP contribution is -2.21. The van der Waals surface area contributed by atoms with Crippen molar-refractivity contribution in [2.24, 2.45) is 5.92 Å². The van der Waals surface area contributed by atoms with Gasteiger partial charge < -0.3 is 9.67 Å². The van der Waals surface area contributed by atoms with Gasteiger partial charge in [0, 0.05) is 17.1 Å². The molecule has 1 aromatic carbocycles. The molecule has 1 aliphatic rings. The van der Waals surface area contributed by atoms with Crippen LogP contribution < -0.4 is 0 Å². The standard InChI is InChI=1S/C17H20FNO2/c1-9(2)14-8-12(18)6-11-7-13-4-5-15(10(3)17(20)21)19(13)16(11)14/h6-10,15H,4-5H2,1-3H3,(H,20,21). The van der Waals surface area contributed by atoms with Gasteiger partial charge in [0.1, 0.15) is 5.82 Å². The summed E-state index contributed by atoms with van der Waals surface area (Å²) in [4.78, 5) is 11.4. The average molecular weight is 289 g/mol. The molecule has 0 saturated heterocycles. The lowest BCUT2D eigenvalue weighted by molar-refractivity contribution is -0.142.